The van der Waals surface area contributed by atoms with E-state index >= 15 is 0 Å². The van der Waals surface area contributed by atoms with Gasteiger partial charge < -0.3 is 10.1 Å². The zero-order chi connectivity index (χ0) is 19.0. The molecule has 0 spiro atoms. The van der Waals surface area contributed by atoms with Gasteiger partial charge in [0.25, 0.3) is 0 Å². The topological polar surface area (TPSA) is 69.0 Å². The third-order valence-corrected chi connectivity index (χ3v) is 4.31. The van der Waals surface area contributed by atoms with E-state index in [0.717, 1.165) is 12.1 Å². The van der Waals surface area contributed by atoms with Crippen molar-refractivity contribution in [2.75, 3.05) is 13.2 Å². The molecule has 140 valence electrons. The molecule has 1 fully saturated rings. The lowest BCUT2D eigenvalue weighted by Crippen LogP contribution is -2.49. The van der Waals surface area contributed by atoms with E-state index < -0.39 is 11.7 Å². The number of fused-ring (bicyclic) bond motifs is 1. The quantitative estimate of drug-likeness (QED) is 0.760. The minimum Gasteiger partial charge on any atom is -0.377 e. The number of alkyl halides is 3. The van der Waals surface area contributed by atoms with Crippen molar-refractivity contribution in [2.24, 2.45) is 0 Å². The molecule has 1 aliphatic rings. The summed E-state index contributed by atoms with van der Waals surface area (Å²) >= 11 is 0. The zero-order valence-electron chi connectivity index (χ0n) is 14.0. The lowest BCUT2D eigenvalue weighted by molar-refractivity contribution is -0.137. The number of benzene rings is 1. The van der Waals surface area contributed by atoms with E-state index in [1.54, 1.807) is 12.1 Å². The molecule has 0 atom stereocenters. The zero-order valence-corrected chi connectivity index (χ0v) is 14.0. The fourth-order valence-electron chi connectivity index (χ4n) is 2.84. The molecule has 3 aromatic rings. The fraction of sp³-hybridized carbons (Fsp3) is 0.278. The average molecular weight is 376 g/mol. The largest absolute Gasteiger partial charge is 0.416 e. The molecular formula is C18H15F3N4O2. The predicted octanol–water partition coefficient (Wildman–Crippen LogP) is 2.63. The van der Waals surface area contributed by atoms with E-state index in [1.165, 1.54) is 23.1 Å². The van der Waals surface area contributed by atoms with Crippen LogP contribution in [0, 0.1) is 0 Å². The summed E-state index contributed by atoms with van der Waals surface area (Å²) in [5, 5.41) is 6.98. The Balaban J connectivity index is 1.63. The maximum absolute atomic E-state index is 12.9. The van der Waals surface area contributed by atoms with Crippen LogP contribution in [0.5, 0.6) is 0 Å². The number of carbonyl (C=O) groups is 1. The van der Waals surface area contributed by atoms with E-state index in [4.69, 9.17) is 4.74 Å². The van der Waals surface area contributed by atoms with E-state index in [-0.39, 0.29) is 18.5 Å². The van der Waals surface area contributed by atoms with E-state index in [2.05, 4.69) is 15.4 Å². The van der Waals surface area contributed by atoms with E-state index in [0.29, 0.717) is 35.4 Å². The fourth-order valence-corrected chi connectivity index (χ4v) is 2.84. The molecule has 2 aromatic heterocycles. The third kappa shape index (κ3) is 3.63. The molecular weight excluding hydrogens is 361 g/mol. The summed E-state index contributed by atoms with van der Waals surface area (Å²) in [5.74, 6) is -0.210. The first-order chi connectivity index (χ1) is 12.9. The van der Waals surface area contributed by atoms with Gasteiger partial charge in [-0.05, 0) is 23.8 Å². The van der Waals surface area contributed by atoms with Crippen molar-refractivity contribution >= 4 is 16.9 Å². The van der Waals surface area contributed by atoms with Crippen LogP contribution in [0.1, 0.15) is 5.56 Å². The molecule has 0 aliphatic carbocycles. The summed E-state index contributed by atoms with van der Waals surface area (Å²) in [7, 11) is 0. The van der Waals surface area contributed by atoms with Crippen molar-refractivity contribution < 1.29 is 22.7 Å². The Morgan fingerprint density at radius 2 is 2.04 bits per heavy atom. The van der Waals surface area contributed by atoms with Gasteiger partial charge in [0.15, 0.2) is 0 Å². The molecule has 6 nitrogen and oxygen atoms in total. The number of carbonyl (C=O) groups excluding carboxylic acids is 1. The SMILES string of the molecule is O=C(Cn1ncc2ncc(-c3cccc(C(F)(F)F)c3)cc21)NC1COC1. The van der Waals surface area contributed by atoms with Crippen molar-refractivity contribution in [3.63, 3.8) is 0 Å². The summed E-state index contributed by atoms with van der Waals surface area (Å²) in [4.78, 5) is 16.3. The van der Waals surface area contributed by atoms with Crippen molar-refractivity contribution in [2.45, 2.75) is 18.8 Å². The number of nitrogens with one attached hydrogen (secondary N) is 1. The Morgan fingerprint density at radius 3 is 2.74 bits per heavy atom. The smallest absolute Gasteiger partial charge is 0.377 e. The maximum Gasteiger partial charge on any atom is 0.416 e. The van der Waals surface area contributed by atoms with Gasteiger partial charge in [-0.3, -0.25) is 14.5 Å². The molecule has 1 aromatic carbocycles. The second-order valence-corrected chi connectivity index (χ2v) is 6.31. The molecule has 1 saturated heterocycles. The molecule has 0 saturated carbocycles. The minimum atomic E-state index is -4.42. The molecule has 1 N–H and O–H groups in total. The number of hydrogen-bond acceptors (Lipinski definition) is 4. The molecule has 27 heavy (non-hydrogen) atoms. The lowest BCUT2D eigenvalue weighted by atomic mass is 10.0. The van der Waals surface area contributed by atoms with E-state index in [9.17, 15) is 18.0 Å². The number of hydrogen-bond donors (Lipinski definition) is 1. The Labute approximate surface area is 152 Å². The van der Waals surface area contributed by atoms with Gasteiger partial charge in [-0.1, -0.05) is 12.1 Å². The van der Waals surface area contributed by atoms with Gasteiger partial charge in [0.2, 0.25) is 5.91 Å². The highest BCUT2D eigenvalue weighted by molar-refractivity contribution is 5.83. The van der Waals surface area contributed by atoms with Gasteiger partial charge in [-0.15, -0.1) is 0 Å². The van der Waals surface area contributed by atoms with Gasteiger partial charge in [0, 0.05) is 11.8 Å². The predicted molar refractivity (Wildman–Crippen MR) is 90.7 cm³/mol. The second-order valence-electron chi connectivity index (χ2n) is 6.31. The van der Waals surface area contributed by atoms with Crippen LogP contribution in [0.2, 0.25) is 0 Å². The number of pyridine rings is 1. The summed E-state index contributed by atoms with van der Waals surface area (Å²) < 4.78 is 45.3. The highest BCUT2D eigenvalue weighted by Crippen LogP contribution is 2.32. The van der Waals surface area contributed by atoms with Crippen LogP contribution in [-0.2, 0) is 22.3 Å². The van der Waals surface area contributed by atoms with Gasteiger partial charge in [-0.25, -0.2) is 0 Å². The van der Waals surface area contributed by atoms with Crippen molar-refractivity contribution in [1.29, 1.82) is 0 Å². The van der Waals surface area contributed by atoms with Crippen LogP contribution < -0.4 is 5.32 Å². The van der Waals surface area contributed by atoms with Gasteiger partial charge in [0.05, 0.1) is 36.5 Å². The van der Waals surface area contributed by atoms with Crippen molar-refractivity contribution in [3.8, 4) is 11.1 Å². The highest BCUT2D eigenvalue weighted by atomic mass is 19.4. The monoisotopic (exact) mass is 376 g/mol. The Hall–Kier alpha value is -2.94. The first-order valence-corrected chi connectivity index (χ1v) is 8.26. The van der Waals surface area contributed by atoms with Gasteiger partial charge >= 0.3 is 6.18 Å². The molecule has 0 unspecified atom stereocenters. The Morgan fingerprint density at radius 1 is 1.22 bits per heavy atom. The number of halogens is 3. The van der Waals surface area contributed by atoms with E-state index in [1.807, 2.05) is 0 Å². The molecule has 1 amide bonds. The molecule has 1 aliphatic heterocycles. The minimum absolute atomic E-state index is 0.00623. The summed E-state index contributed by atoms with van der Waals surface area (Å²) in [5.41, 5.74) is 1.32. The van der Waals surface area contributed by atoms with Crippen LogP contribution in [-0.4, -0.2) is 39.9 Å². The third-order valence-electron chi connectivity index (χ3n) is 4.31. The first-order valence-electron chi connectivity index (χ1n) is 8.26. The molecule has 9 heteroatoms. The van der Waals surface area contributed by atoms with Crippen LogP contribution in [0.15, 0.2) is 42.7 Å². The lowest BCUT2D eigenvalue weighted by Gasteiger charge is -2.26. The average Bonchev–Trinajstić information content (AvgIpc) is 3.00. The van der Waals surface area contributed by atoms with Crippen molar-refractivity contribution in [3.05, 3.63) is 48.3 Å². The second kappa shape index (κ2) is 6.66. The molecule has 0 radical (unpaired) electrons. The Kier molecular flexibility index (Phi) is 4.31. The van der Waals surface area contributed by atoms with Gasteiger partial charge in [-0.2, -0.15) is 18.3 Å². The van der Waals surface area contributed by atoms with Gasteiger partial charge in [0.1, 0.15) is 12.1 Å². The number of nitrogens with zero attached hydrogens (tertiary/aromatic N) is 3. The van der Waals surface area contributed by atoms with Crippen LogP contribution in [0.25, 0.3) is 22.2 Å². The molecule has 3 heterocycles. The van der Waals surface area contributed by atoms with Crippen LogP contribution in [0.4, 0.5) is 13.2 Å². The number of rotatable bonds is 4. The molecule has 0 bridgehead atoms. The summed E-state index contributed by atoms with van der Waals surface area (Å²) in [6.07, 6.45) is -1.40. The molecule has 4 rings (SSSR count). The number of amides is 1. The van der Waals surface area contributed by atoms with Crippen LogP contribution >= 0.6 is 0 Å². The summed E-state index contributed by atoms with van der Waals surface area (Å²) in [6.45, 7) is 0.980. The standard InChI is InChI=1S/C18H15F3N4O2/c19-18(20,21)13-3-1-2-11(4-13)12-5-16-15(22-6-12)7-23-25(16)8-17(26)24-14-9-27-10-14/h1-7,14H,8-10H2,(H,24,26). The number of ether oxygens (including phenoxy) is 1. The highest BCUT2D eigenvalue weighted by Gasteiger charge is 2.30. The first kappa shape index (κ1) is 17.5. The normalized spacial score (nSPS) is 14.9. The number of aromatic nitrogens is 3. The Bertz CT molecular complexity index is 996. The maximum atomic E-state index is 12.9. The summed E-state index contributed by atoms with van der Waals surface area (Å²) in [6, 6.07) is 6.74. The van der Waals surface area contributed by atoms with Crippen molar-refractivity contribution in [1.82, 2.24) is 20.1 Å². The van der Waals surface area contributed by atoms with Crippen LogP contribution in [0.3, 0.4) is 0 Å².